The standard InChI is InChI=1S/C29H25BrFN7O2/c1-17-21(29(40)35-28(33-17)19-11-13-32-14-12-19)8-10-27(39)34-20-7-9-25(31)23(15-20)26-16-38(37-36-26)18(2)22-5-3-4-6-24(22)30/h3-7,9,11-16,18H,8,10H2,1-2H3,(H,34,39)(H,33,35,40)/t18-/m0/s1. The second-order valence-corrected chi connectivity index (χ2v) is 10.1. The van der Waals surface area contributed by atoms with Crippen LogP contribution in [0.3, 0.4) is 0 Å². The lowest BCUT2D eigenvalue weighted by Crippen LogP contribution is -2.20. The van der Waals surface area contributed by atoms with Crippen LogP contribution in [-0.4, -0.2) is 35.9 Å². The van der Waals surface area contributed by atoms with Gasteiger partial charge >= 0.3 is 0 Å². The Hall–Kier alpha value is -4.51. The molecule has 0 aliphatic rings. The number of aromatic amines is 1. The summed E-state index contributed by atoms with van der Waals surface area (Å²) in [7, 11) is 0. The molecule has 0 aliphatic carbocycles. The molecule has 2 aromatic carbocycles. The highest BCUT2D eigenvalue weighted by atomic mass is 79.9. The zero-order valence-corrected chi connectivity index (χ0v) is 23.3. The van der Waals surface area contributed by atoms with Gasteiger partial charge in [0.2, 0.25) is 5.91 Å². The van der Waals surface area contributed by atoms with E-state index in [4.69, 9.17) is 0 Å². The number of carbonyl (C=O) groups excluding carboxylic acids is 1. The van der Waals surface area contributed by atoms with E-state index in [0.717, 1.165) is 15.6 Å². The Kier molecular flexibility index (Phi) is 7.92. The van der Waals surface area contributed by atoms with Crippen molar-refractivity contribution in [2.75, 3.05) is 5.32 Å². The monoisotopic (exact) mass is 601 g/mol. The van der Waals surface area contributed by atoms with Crippen LogP contribution in [-0.2, 0) is 11.2 Å². The van der Waals surface area contributed by atoms with E-state index in [1.165, 1.54) is 18.2 Å². The summed E-state index contributed by atoms with van der Waals surface area (Å²) in [5.41, 5.74) is 3.41. The third-order valence-electron chi connectivity index (χ3n) is 6.57. The van der Waals surface area contributed by atoms with Crippen LogP contribution in [0.15, 0.2) is 82.5 Å². The lowest BCUT2D eigenvalue weighted by molar-refractivity contribution is -0.116. The van der Waals surface area contributed by atoms with Crippen LogP contribution < -0.4 is 10.9 Å². The quantitative estimate of drug-likeness (QED) is 0.243. The lowest BCUT2D eigenvalue weighted by atomic mass is 10.1. The van der Waals surface area contributed by atoms with Crippen molar-refractivity contribution in [1.82, 2.24) is 29.9 Å². The van der Waals surface area contributed by atoms with Gasteiger partial charge < -0.3 is 10.3 Å². The third-order valence-corrected chi connectivity index (χ3v) is 7.29. The fourth-order valence-corrected chi connectivity index (χ4v) is 4.97. The number of nitrogens with one attached hydrogen (secondary N) is 2. The molecule has 3 aromatic heterocycles. The van der Waals surface area contributed by atoms with Crippen LogP contribution in [0.5, 0.6) is 0 Å². The average Bonchev–Trinajstić information content (AvgIpc) is 3.44. The zero-order valence-electron chi connectivity index (χ0n) is 21.7. The Balaban J connectivity index is 1.27. The Bertz CT molecular complexity index is 1740. The number of rotatable bonds is 8. The summed E-state index contributed by atoms with van der Waals surface area (Å²) >= 11 is 3.55. The Labute approximate surface area is 237 Å². The van der Waals surface area contributed by atoms with Gasteiger partial charge in [0.15, 0.2) is 0 Å². The van der Waals surface area contributed by atoms with Crippen molar-refractivity contribution in [3.05, 3.63) is 111 Å². The van der Waals surface area contributed by atoms with E-state index in [0.29, 0.717) is 28.5 Å². The van der Waals surface area contributed by atoms with Crippen molar-refractivity contribution in [3.63, 3.8) is 0 Å². The Morgan fingerprint density at radius 3 is 2.67 bits per heavy atom. The van der Waals surface area contributed by atoms with Crippen molar-refractivity contribution in [1.29, 1.82) is 0 Å². The van der Waals surface area contributed by atoms with Crippen LogP contribution >= 0.6 is 15.9 Å². The number of nitrogens with zero attached hydrogens (tertiary/aromatic N) is 5. The number of H-pyrrole nitrogens is 1. The normalized spacial score (nSPS) is 11.8. The maximum atomic E-state index is 14.8. The predicted molar refractivity (Wildman–Crippen MR) is 153 cm³/mol. The first-order chi connectivity index (χ1) is 19.3. The molecule has 1 atom stereocenters. The van der Waals surface area contributed by atoms with Gasteiger partial charge in [-0.25, -0.2) is 14.1 Å². The maximum absolute atomic E-state index is 14.8. The molecule has 3 heterocycles. The second-order valence-electron chi connectivity index (χ2n) is 9.24. The molecule has 0 aliphatic heterocycles. The molecule has 0 radical (unpaired) electrons. The van der Waals surface area contributed by atoms with Gasteiger partial charge in [0.05, 0.1) is 12.2 Å². The van der Waals surface area contributed by atoms with E-state index in [1.807, 2.05) is 31.2 Å². The number of aromatic nitrogens is 6. The minimum Gasteiger partial charge on any atom is -0.326 e. The van der Waals surface area contributed by atoms with Crippen molar-refractivity contribution >= 4 is 27.5 Å². The molecule has 2 N–H and O–H groups in total. The van der Waals surface area contributed by atoms with E-state index in [1.54, 1.807) is 42.3 Å². The predicted octanol–water partition coefficient (Wildman–Crippen LogP) is 5.48. The lowest BCUT2D eigenvalue weighted by Gasteiger charge is -2.13. The van der Waals surface area contributed by atoms with E-state index >= 15 is 0 Å². The smallest absolute Gasteiger partial charge is 0.254 e. The van der Waals surface area contributed by atoms with Gasteiger partial charge in [-0.1, -0.05) is 39.3 Å². The van der Waals surface area contributed by atoms with Crippen LogP contribution in [0.1, 0.15) is 36.2 Å². The second kappa shape index (κ2) is 11.7. The van der Waals surface area contributed by atoms with Crippen LogP contribution in [0.2, 0.25) is 0 Å². The van der Waals surface area contributed by atoms with Crippen molar-refractivity contribution in [3.8, 4) is 22.6 Å². The van der Waals surface area contributed by atoms with Gasteiger partial charge in [0, 0.05) is 51.4 Å². The summed E-state index contributed by atoms with van der Waals surface area (Å²) < 4.78 is 17.4. The van der Waals surface area contributed by atoms with Gasteiger partial charge in [0.25, 0.3) is 5.56 Å². The third kappa shape index (κ3) is 5.89. The molecule has 0 fully saturated rings. The first kappa shape index (κ1) is 27.1. The summed E-state index contributed by atoms with van der Waals surface area (Å²) in [5.74, 6) is -0.360. The highest BCUT2D eigenvalue weighted by molar-refractivity contribution is 9.10. The molecule has 11 heteroatoms. The molecule has 9 nitrogen and oxygen atoms in total. The highest BCUT2D eigenvalue weighted by Crippen LogP contribution is 2.28. The molecule has 5 rings (SSSR count). The molecular weight excluding hydrogens is 577 g/mol. The molecule has 0 saturated heterocycles. The molecule has 0 spiro atoms. The topological polar surface area (TPSA) is 118 Å². The van der Waals surface area contributed by atoms with Gasteiger partial charge in [-0.05, 0) is 62.2 Å². The number of aryl methyl sites for hydroxylation is 1. The molecule has 0 saturated carbocycles. The first-order valence-corrected chi connectivity index (χ1v) is 13.4. The average molecular weight is 602 g/mol. The van der Waals surface area contributed by atoms with E-state index in [9.17, 15) is 14.0 Å². The molecule has 202 valence electrons. The minimum absolute atomic E-state index is 0.0482. The number of hydrogen-bond donors (Lipinski definition) is 2. The number of amides is 1. The number of benzene rings is 2. The van der Waals surface area contributed by atoms with Gasteiger partial charge in [-0.15, -0.1) is 5.10 Å². The van der Waals surface area contributed by atoms with Crippen LogP contribution in [0.4, 0.5) is 10.1 Å². The number of pyridine rings is 1. The fraction of sp³-hybridized carbons (Fsp3) is 0.172. The first-order valence-electron chi connectivity index (χ1n) is 12.6. The van der Waals surface area contributed by atoms with Gasteiger partial charge in [-0.2, -0.15) is 0 Å². The highest BCUT2D eigenvalue weighted by Gasteiger charge is 2.17. The fourth-order valence-electron chi connectivity index (χ4n) is 4.36. The largest absolute Gasteiger partial charge is 0.326 e. The molecule has 1 amide bonds. The Morgan fingerprint density at radius 2 is 1.93 bits per heavy atom. The number of hydrogen-bond acceptors (Lipinski definition) is 6. The van der Waals surface area contributed by atoms with E-state index < -0.39 is 5.82 Å². The molecular formula is C29H25BrFN7O2. The SMILES string of the molecule is Cc1nc(-c2ccncc2)[nH]c(=O)c1CCC(=O)Nc1ccc(F)c(-c2cn([C@@H](C)c3ccccc3Br)nn2)c1. The maximum Gasteiger partial charge on any atom is 0.254 e. The summed E-state index contributed by atoms with van der Waals surface area (Å²) in [4.78, 5) is 36.7. The molecule has 40 heavy (non-hydrogen) atoms. The van der Waals surface area contributed by atoms with E-state index in [2.05, 4.69) is 46.5 Å². The number of carbonyl (C=O) groups is 1. The van der Waals surface area contributed by atoms with Gasteiger partial charge in [-0.3, -0.25) is 14.6 Å². The van der Waals surface area contributed by atoms with Crippen molar-refractivity contribution in [2.24, 2.45) is 0 Å². The molecule has 0 unspecified atom stereocenters. The number of halogens is 2. The van der Waals surface area contributed by atoms with Crippen LogP contribution in [0, 0.1) is 12.7 Å². The van der Waals surface area contributed by atoms with E-state index in [-0.39, 0.29) is 35.9 Å². The van der Waals surface area contributed by atoms with Crippen LogP contribution in [0.25, 0.3) is 22.6 Å². The zero-order chi connectivity index (χ0) is 28.2. The number of anilines is 1. The summed E-state index contributed by atoms with van der Waals surface area (Å²) in [6, 6.07) is 15.4. The van der Waals surface area contributed by atoms with Crippen molar-refractivity contribution in [2.45, 2.75) is 32.7 Å². The van der Waals surface area contributed by atoms with Gasteiger partial charge in [0.1, 0.15) is 17.3 Å². The molecule has 5 aromatic rings. The van der Waals surface area contributed by atoms with Crippen molar-refractivity contribution < 1.29 is 9.18 Å². The summed E-state index contributed by atoms with van der Waals surface area (Å²) in [6.45, 7) is 3.71. The molecule has 0 bridgehead atoms. The Morgan fingerprint density at radius 1 is 1.15 bits per heavy atom. The summed E-state index contributed by atoms with van der Waals surface area (Å²) in [6.07, 6.45) is 5.16. The minimum atomic E-state index is -0.485. The summed E-state index contributed by atoms with van der Waals surface area (Å²) in [5, 5.41) is 11.1.